The number of nitrogens with zero attached hydrogens (tertiary/aromatic N) is 1. The molecule has 0 aromatic rings. The van der Waals surface area contributed by atoms with E-state index in [0.29, 0.717) is 18.5 Å². The zero-order chi connectivity index (χ0) is 11.3. The highest BCUT2D eigenvalue weighted by molar-refractivity contribution is 5.77. The Morgan fingerprint density at radius 1 is 1.53 bits per heavy atom. The lowest BCUT2D eigenvalue weighted by Gasteiger charge is -2.35. The van der Waals surface area contributed by atoms with Crippen LogP contribution in [-0.4, -0.2) is 43.5 Å². The van der Waals surface area contributed by atoms with Gasteiger partial charge in [-0.2, -0.15) is 0 Å². The van der Waals surface area contributed by atoms with Gasteiger partial charge in [-0.3, -0.25) is 9.69 Å². The van der Waals surface area contributed by atoms with Crippen molar-refractivity contribution in [3.05, 3.63) is 0 Å². The molecule has 1 aliphatic carbocycles. The van der Waals surface area contributed by atoms with Gasteiger partial charge in [-0.05, 0) is 32.2 Å². The normalized spacial score (nSPS) is 25.1. The molecule has 1 fully saturated rings. The van der Waals surface area contributed by atoms with E-state index in [9.17, 15) is 4.79 Å². The van der Waals surface area contributed by atoms with Crippen molar-refractivity contribution in [2.24, 2.45) is 11.7 Å². The van der Waals surface area contributed by atoms with Crippen LogP contribution in [-0.2, 0) is 4.79 Å². The number of hydrogen-bond acceptors (Lipinski definition) is 3. The van der Waals surface area contributed by atoms with Crippen molar-refractivity contribution in [3.8, 4) is 0 Å². The second-order valence-electron chi connectivity index (χ2n) is 4.64. The van der Waals surface area contributed by atoms with Crippen LogP contribution in [0.1, 0.15) is 26.2 Å². The molecule has 0 aromatic carbocycles. The summed E-state index contributed by atoms with van der Waals surface area (Å²) in [5.41, 5.74) is 5.71. The molecule has 1 amide bonds. The van der Waals surface area contributed by atoms with Gasteiger partial charge in [-0.1, -0.05) is 6.92 Å². The van der Waals surface area contributed by atoms with Crippen LogP contribution < -0.4 is 11.1 Å². The number of nitrogens with one attached hydrogen (secondary N) is 1. The van der Waals surface area contributed by atoms with Crippen LogP contribution in [0.4, 0.5) is 0 Å². The lowest BCUT2D eigenvalue weighted by atomic mass is 9.81. The third-order valence-electron chi connectivity index (χ3n) is 2.83. The Labute approximate surface area is 92.2 Å². The second kappa shape index (κ2) is 6.08. The fourth-order valence-corrected chi connectivity index (χ4v) is 2.01. The molecule has 0 atom stereocenters. The summed E-state index contributed by atoms with van der Waals surface area (Å²) in [6.45, 7) is 4.33. The van der Waals surface area contributed by atoms with Crippen molar-refractivity contribution < 1.29 is 4.79 Å². The monoisotopic (exact) mass is 213 g/mol. The molecule has 88 valence electrons. The minimum Gasteiger partial charge on any atom is -0.355 e. The van der Waals surface area contributed by atoms with Gasteiger partial charge < -0.3 is 11.1 Å². The standard InChI is InChI=1S/C11H23N3O/c1-3-4-13-11(15)8-14(2)7-9-5-10(12)6-9/h9-10H,3-8,12H2,1-2H3,(H,13,15). The quantitative estimate of drug-likeness (QED) is 0.662. The molecular weight excluding hydrogens is 190 g/mol. The summed E-state index contributed by atoms with van der Waals surface area (Å²) in [6.07, 6.45) is 3.22. The lowest BCUT2D eigenvalue weighted by molar-refractivity contribution is -0.122. The Morgan fingerprint density at radius 3 is 2.73 bits per heavy atom. The lowest BCUT2D eigenvalue weighted by Crippen LogP contribution is -2.44. The van der Waals surface area contributed by atoms with Crippen molar-refractivity contribution in [2.75, 3.05) is 26.7 Å². The molecule has 4 heteroatoms. The molecule has 0 radical (unpaired) electrons. The van der Waals surface area contributed by atoms with Crippen LogP contribution in [0, 0.1) is 5.92 Å². The van der Waals surface area contributed by atoms with Gasteiger partial charge in [0.15, 0.2) is 0 Å². The topological polar surface area (TPSA) is 58.4 Å². The van der Waals surface area contributed by atoms with Gasteiger partial charge in [-0.25, -0.2) is 0 Å². The van der Waals surface area contributed by atoms with Crippen molar-refractivity contribution in [2.45, 2.75) is 32.2 Å². The minimum atomic E-state index is 0.128. The smallest absolute Gasteiger partial charge is 0.234 e. The van der Waals surface area contributed by atoms with E-state index >= 15 is 0 Å². The molecule has 0 aliphatic heterocycles. The van der Waals surface area contributed by atoms with E-state index in [4.69, 9.17) is 5.73 Å². The summed E-state index contributed by atoms with van der Waals surface area (Å²) in [6, 6.07) is 0.400. The molecule has 15 heavy (non-hydrogen) atoms. The molecule has 0 bridgehead atoms. The van der Waals surface area contributed by atoms with Crippen LogP contribution in [0.5, 0.6) is 0 Å². The van der Waals surface area contributed by atoms with E-state index in [-0.39, 0.29) is 5.91 Å². The average Bonchev–Trinajstić information content (AvgIpc) is 2.12. The first-order chi connectivity index (χ1) is 7.11. The zero-order valence-corrected chi connectivity index (χ0v) is 9.83. The highest BCUT2D eigenvalue weighted by Crippen LogP contribution is 2.25. The van der Waals surface area contributed by atoms with Gasteiger partial charge >= 0.3 is 0 Å². The first-order valence-electron chi connectivity index (χ1n) is 5.82. The summed E-state index contributed by atoms with van der Waals surface area (Å²) >= 11 is 0. The van der Waals surface area contributed by atoms with E-state index in [1.165, 1.54) is 0 Å². The molecule has 3 N–H and O–H groups in total. The van der Waals surface area contributed by atoms with Crippen molar-refractivity contribution in [1.29, 1.82) is 0 Å². The van der Waals surface area contributed by atoms with Crippen LogP contribution in [0.3, 0.4) is 0 Å². The maximum atomic E-state index is 11.4. The van der Waals surface area contributed by atoms with Gasteiger partial charge in [-0.15, -0.1) is 0 Å². The van der Waals surface area contributed by atoms with Crippen LogP contribution in [0.25, 0.3) is 0 Å². The molecule has 0 unspecified atom stereocenters. The van der Waals surface area contributed by atoms with Crippen molar-refractivity contribution in [1.82, 2.24) is 10.2 Å². The first kappa shape index (κ1) is 12.5. The second-order valence-corrected chi connectivity index (χ2v) is 4.64. The number of carbonyl (C=O) groups excluding carboxylic acids is 1. The van der Waals surface area contributed by atoms with E-state index in [1.807, 2.05) is 7.05 Å². The SMILES string of the molecule is CCCNC(=O)CN(C)CC1CC(N)C1. The molecule has 0 heterocycles. The number of amides is 1. The molecule has 1 rings (SSSR count). The van der Waals surface area contributed by atoms with Gasteiger partial charge in [0.25, 0.3) is 0 Å². The summed E-state index contributed by atoms with van der Waals surface area (Å²) in [5, 5.41) is 2.88. The van der Waals surface area contributed by atoms with Crippen molar-refractivity contribution in [3.63, 3.8) is 0 Å². The number of carbonyl (C=O) groups is 1. The number of nitrogens with two attached hydrogens (primary N) is 1. The maximum absolute atomic E-state index is 11.4. The molecule has 0 spiro atoms. The molecular formula is C11H23N3O. The number of hydrogen-bond donors (Lipinski definition) is 2. The first-order valence-corrected chi connectivity index (χ1v) is 5.82. The van der Waals surface area contributed by atoms with Gasteiger partial charge in [0, 0.05) is 19.1 Å². The Bertz CT molecular complexity index is 202. The van der Waals surface area contributed by atoms with E-state index in [2.05, 4.69) is 17.1 Å². The molecule has 4 nitrogen and oxygen atoms in total. The van der Waals surface area contributed by atoms with E-state index < -0.39 is 0 Å². The number of rotatable bonds is 6. The highest BCUT2D eigenvalue weighted by Gasteiger charge is 2.26. The fourth-order valence-electron chi connectivity index (χ4n) is 2.01. The molecule has 0 saturated heterocycles. The largest absolute Gasteiger partial charge is 0.355 e. The van der Waals surface area contributed by atoms with E-state index in [0.717, 1.165) is 32.4 Å². The Kier molecular flexibility index (Phi) is 5.05. The summed E-state index contributed by atoms with van der Waals surface area (Å²) in [7, 11) is 2.00. The molecule has 1 saturated carbocycles. The van der Waals surface area contributed by atoms with Crippen molar-refractivity contribution >= 4 is 5.91 Å². The van der Waals surface area contributed by atoms with Gasteiger partial charge in [0.05, 0.1) is 6.54 Å². The zero-order valence-electron chi connectivity index (χ0n) is 9.83. The summed E-state index contributed by atoms with van der Waals surface area (Å²) < 4.78 is 0. The van der Waals surface area contributed by atoms with Gasteiger partial charge in [0.1, 0.15) is 0 Å². The third-order valence-corrected chi connectivity index (χ3v) is 2.83. The average molecular weight is 213 g/mol. The Balaban J connectivity index is 2.07. The molecule has 0 aromatic heterocycles. The van der Waals surface area contributed by atoms with Crippen LogP contribution >= 0.6 is 0 Å². The predicted octanol–water partition coefficient (Wildman–Crippen LogP) is 0.182. The van der Waals surface area contributed by atoms with E-state index in [1.54, 1.807) is 0 Å². The van der Waals surface area contributed by atoms with Crippen LogP contribution in [0.15, 0.2) is 0 Å². The summed E-state index contributed by atoms with van der Waals surface area (Å²) in [4.78, 5) is 13.5. The Hall–Kier alpha value is -0.610. The molecule has 1 aliphatic rings. The minimum absolute atomic E-state index is 0.128. The maximum Gasteiger partial charge on any atom is 0.234 e. The third kappa shape index (κ3) is 4.62. The predicted molar refractivity (Wildman–Crippen MR) is 61.5 cm³/mol. The number of likely N-dealkylation sites (N-methyl/N-ethyl adjacent to an activating group) is 1. The fraction of sp³-hybridized carbons (Fsp3) is 0.909. The Morgan fingerprint density at radius 2 is 2.20 bits per heavy atom. The van der Waals surface area contributed by atoms with Gasteiger partial charge in [0.2, 0.25) is 5.91 Å². The van der Waals surface area contributed by atoms with Crippen LogP contribution in [0.2, 0.25) is 0 Å². The highest BCUT2D eigenvalue weighted by atomic mass is 16.2. The summed E-state index contributed by atoms with van der Waals surface area (Å²) in [5.74, 6) is 0.826.